The maximum absolute atomic E-state index is 13.9. The van der Waals surface area contributed by atoms with Gasteiger partial charge < -0.3 is 10.1 Å². The number of hydrogen-bond donors (Lipinski definition) is 1. The second-order valence-electron chi connectivity index (χ2n) is 7.56. The standard InChI is InChI=1S/C19H23FN2O2S.ClH/c1-19(2)17(11-4-6-22(19)7-5-11)21-18(23)16-9-12-8-13(20)14(24-3)10-15(12)25-16;/h8-11,17H,4-7H2,1-3H3,(H,21,23);1H/t17-;/m1./s1. The molecule has 4 nitrogen and oxygen atoms in total. The van der Waals surface area contributed by atoms with Gasteiger partial charge in [0.1, 0.15) is 0 Å². The molecule has 0 unspecified atom stereocenters. The average Bonchev–Trinajstić information content (AvgIpc) is 3.00. The van der Waals surface area contributed by atoms with Gasteiger partial charge >= 0.3 is 0 Å². The summed E-state index contributed by atoms with van der Waals surface area (Å²) in [6, 6.07) is 5.01. The first-order valence-corrected chi connectivity index (χ1v) is 9.55. The van der Waals surface area contributed by atoms with Crippen molar-refractivity contribution in [2.75, 3.05) is 20.2 Å². The summed E-state index contributed by atoms with van der Waals surface area (Å²) in [5, 5.41) is 4.00. The number of nitrogens with zero attached hydrogens (tertiary/aromatic N) is 1. The molecule has 0 radical (unpaired) electrons. The predicted molar refractivity (Wildman–Crippen MR) is 105 cm³/mol. The number of rotatable bonds is 3. The number of carbonyl (C=O) groups is 1. The molecule has 5 rings (SSSR count). The summed E-state index contributed by atoms with van der Waals surface area (Å²) >= 11 is 1.38. The van der Waals surface area contributed by atoms with E-state index in [1.165, 1.54) is 24.5 Å². The Hall–Kier alpha value is -1.37. The number of methoxy groups -OCH3 is 1. The number of carbonyl (C=O) groups excluding carboxylic acids is 1. The second-order valence-corrected chi connectivity index (χ2v) is 8.65. The molecule has 1 amide bonds. The van der Waals surface area contributed by atoms with Crippen molar-refractivity contribution in [1.29, 1.82) is 0 Å². The number of fused-ring (bicyclic) bond motifs is 4. The molecule has 3 aliphatic heterocycles. The van der Waals surface area contributed by atoms with Crippen LogP contribution < -0.4 is 10.1 Å². The van der Waals surface area contributed by atoms with Crippen LogP contribution >= 0.6 is 23.7 Å². The Morgan fingerprint density at radius 1 is 1.31 bits per heavy atom. The van der Waals surface area contributed by atoms with E-state index in [2.05, 4.69) is 24.1 Å². The van der Waals surface area contributed by atoms with Gasteiger partial charge in [-0.15, -0.1) is 23.7 Å². The first-order chi connectivity index (χ1) is 11.9. The highest BCUT2D eigenvalue weighted by Gasteiger charge is 2.48. The Morgan fingerprint density at radius 2 is 2.00 bits per heavy atom. The van der Waals surface area contributed by atoms with Gasteiger partial charge in [0.2, 0.25) is 0 Å². The van der Waals surface area contributed by atoms with Gasteiger partial charge in [-0.1, -0.05) is 0 Å². The van der Waals surface area contributed by atoms with Crippen LogP contribution in [-0.4, -0.2) is 42.6 Å². The summed E-state index contributed by atoms with van der Waals surface area (Å²) < 4.78 is 19.8. The van der Waals surface area contributed by atoms with Crippen molar-refractivity contribution in [3.8, 4) is 5.75 Å². The number of benzene rings is 1. The van der Waals surface area contributed by atoms with Crippen LogP contribution in [0, 0.1) is 11.7 Å². The van der Waals surface area contributed by atoms with E-state index in [9.17, 15) is 9.18 Å². The number of amides is 1. The maximum atomic E-state index is 13.9. The highest BCUT2D eigenvalue weighted by molar-refractivity contribution is 7.20. The smallest absolute Gasteiger partial charge is 0.261 e. The first-order valence-electron chi connectivity index (χ1n) is 8.73. The van der Waals surface area contributed by atoms with E-state index in [-0.39, 0.29) is 35.6 Å². The van der Waals surface area contributed by atoms with E-state index in [4.69, 9.17) is 4.74 Å². The summed E-state index contributed by atoms with van der Waals surface area (Å²) in [4.78, 5) is 15.9. The summed E-state index contributed by atoms with van der Waals surface area (Å²) in [5.41, 5.74) is -0.0250. The van der Waals surface area contributed by atoms with Crippen molar-refractivity contribution in [2.24, 2.45) is 5.92 Å². The van der Waals surface area contributed by atoms with Crippen molar-refractivity contribution in [1.82, 2.24) is 10.2 Å². The van der Waals surface area contributed by atoms with Crippen molar-refractivity contribution in [3.05, 3.63) is 28.9 Å². The molecule has 0 aliphatic carbocycles. The fourth-order valence-corrected chi connectivity index (χ4v) is 5.37. The first kappa shape index (κ1) is 19.4. The summed E-state index contributed by atoms with van der Waals surface area (Å²) in [6.07, 6.45) is 2.28. The summed E-state index contributed by atoms with van der Waals surface area (Å²) in [6.45, 7) is 6.67. The van der Waals surface area contributed by atoms with E-state index < -0.39 is 5.82 Å². The minimum Gasteiger partial charge on any atom is -0.494 e. The van der Waals surface area contributed by atoms with Crippen LogP contribution in [0.15, 0.2) is 18.2 Å². The number of hydrogen-bond acceptors (Lipinski definition) is 4. The summed E-state index contributed by atoms with van der Waals surface area (Å²) in [7, 11) is 1.45. The Kier molecular flexibility index (Phi) is 5.21. The van der Waals surface area contributed by atoms with Gasteiger partial charge in [0.25, 0.3) is 5.91 Å². The number of piperidine rings is 3. The molecule has 0 spiro atoms. The molecule has 3 aliphatic rings. The van der Waals surface area contributed by atoms with E-state index in [0.29, 0.717) is 10.8 Å². The largest absolute Gasteiger partial charge is 0.494 e. The normalized spacial score (nSPS) is 26.4. The Bertz CT molecular complexity index is 830. The minimum absolute atomic E-state index is 0. The quantitative estimate of drug-likeness (QED) is 0.847. The van der Waals surface area contributed by atoms with Gasteiger partial charge in [-0.3, -0.25) is 9.69 Å². The van der Waals surface area contributed by atoms with Crippen LogP contribution in [0.4, 0.5) is 4.39 Å². The summed E-state index contributed by atoms with van der Waals surface area (Å²) in [5.74, 6) is 0.279. The van der Waals surface area contributed by atoms with Gasteiger partial charge in [-0.05, 0) is 63.2 Å². The van der Waals surface area contributed by atoms with E-state index in [1.807, 2.05) is 0 Å². The molecule has 26 heavy (non-hydrogen) atoms. The lowest BCUT2D eigenvalue weighted by Crippen LogP contribution is -2.69. The van der Waals surface area contributed by atoms with Crippen molar-refractivity contribution >= 4 is 39.7 Å². The van der Waals surface area contributed by atoms with E-state index in [1.54, 1.807) is 12.1 Å². The molecule has 2 aromatic rings. The molecular formula is C19H24ClFN2O2S. The molecule has 1 aromatic carbocycles. The molecule has 3 fully saturated rings. The zero-order valence-electron chi connectivity index (χ0n) is 15.2. The molecule has 4 heterocycles. The van der Waals surface area contributed by atoms with Crippen molar-refractivity contribution < 1.29 is 13.9 Å². The van der Waals surface area contributed by atoms with Crippen LogP contribution in [-0.2, 0) is 0 Å². The van der Waals surface area contributed by atoms with Gasteiger partial charge in [0.05, 0.1) is 12.0 Å². The predicted octanol–water partition coefficient (Wildman–Crippen LogP) is 4.07. The molecular weight excluding hydrogens is 375 g/mol. The lowest BCUT2D eigenvalue weighted by Gasteiger charge is -2.56. The topological polar surface area (TPSA) is 41.6 Å². The third-order valence-corrected chi connectivity index (χ3v) is 6.98. The SMILES string of the molecule is COc1cc2sc(C(=O)N[C@@H]3C4CCN(CC4)C3(C)C)cc2cc1F.Cl. The number of halogens is 2. The van der Waals surface area contributed by atoms with Gasteiger partial charge in [-0.2, -0.15) is 0 Å². The van der Waals surface area contributed by atoms with Crippen LogP contribution in [0.5, 0.6) is 5.75 Å². The highest BCUT2D eigenvalue weighted by Crippen LogP contribution is 2.39. The van der Waals surface area contributed by atoms with E-state index in [0.717, 1.165) is 36.0 Å². The maximum Gasteiger partial charge on any atom is 0.261 e. The van der Waals surface area contributed by atoms with Crippen molar-refractivity contribution in [3.63, 3.8) is 0 Å². The Labute approximate surface area is 163 Å². The number of thiophene rings is 1. The third-order valence-electron chi connectivity index (χ3n) is 5.89. The molecule has 1 aromatic heterocycles. The molecule has 1 atom stereocenters. The molecule has 2 bridgehead atoms. The lowest BCUT2D eigenvalue weighted by molar-refractivity contribution is -0.0377. The van der Waals surface area contributed by atoms with Crippen LogP contribution in [0.25, 0.3) is 10.1 Å². The molecule has 3 saturated heterocycles. The number of nitrogens with one attached hydrogen (secondary N) is 1. The fourth-order valence-electron chi connectivity index (χ4n) is 4.40. The van der Waals surface area contributed by atoms with Crippen LogP contribution in [0.1, 0.15) is 36.4 Å². The minimum atomic E-state index is -0.404. The zero-order valence-corrected chi connectivity index (χ0v) is 16.8. The lowest BCUT2D eigenvalue weighted by atomic mass is 9.72. The third kappa shape index (κ3) is 3.08. The van der Waals surface area contributed by atoms with E-state index >= 15 is 0 Å². The number of ether oxygens (including phenoxy) is 1. The van der Waals surface area contributed by atoms with Crippen LogP contribution in [0.2, 0.25) is 0 Å². The average molecular weight is 399 g/mol. The molecule has 0 saturated carbocycles. The zero-order chi connectivity index (χ0) is 17.8. The monoisotopic (exact) mass is 398 g/mol. The Morgan fingerprint density at radius 3 is 2.62 bits per heavy atom. The molecule has 7 heteroatoms. The molecule has 142 valence electrons. The Balaban J connectivity index is 0.00000196. The van der Waals surface area contributed by atoms with Gasteiger partial charge in [0.15, 0.2) is 11.6 Å². The van der Waals surface area contributed by atoms with Crippen molar-refractivity contribution in [2.45, 2.75) is 38.3 Å². The van der Waals surface area contributed by atoms with Gasteiger partial charge in [0, 0.05) is 22.3 Å². The van der Waals surface area contributed by atoms with Gasteiger partial charge in [-0.25, -0.2) is 4.39 Å². The fraction of sp³-hybridized carbons (Fsp3) is 0.526. The highest BCUT2D eigenvalue weighted by atomic mass is 35.5. The van der Waals surface area contributed by atoms with Crippen LogP contribution in [0.3, 0.4) is 0 Å². The second kappa shape index (κ2) is 6.98. The molecule has 1 N–H and O–H groups in total.